The minimum atomic E-state index is -0.793. The Morgan fingerprint density at radius 3 is 2.94 bits per heavy atom. The zero-order chi connectivity index (χ0) is 12.3. The van der Waals surface area contributed by atoms with Crippen LogP contribution in [0.2, 0.25) is 0 Å². The van der Waals surface area contributed by atoms with Crippen LogP contribution in [-0.2, 0) is 6.42 Å². The van der Waals surface area contributed by atoms with Gasteiger partial charge in [-0.2, -0.15) is 11.8 Å². The molecule has 0 saturated carbocycles. The lowest BCUT2D eigenvalue weighted by Gasteiger charge is -2.22. The predicted molar refractivity (Wildman–Crippen MR) is 66.6 cm³/mol. The highest BCUT2D eigenvalue weighted by Gasteiger charge is 2.25. The van der Waals surface area contributed by atoms with Gasteiger partial charge in [0.05, 0.1) is 0 Å². The molecule has 1 aromatic carbocycles. The van der Waals surface area contributed by atoms with Gasteiger partial charge in [0.2, 0.25) is 0 Å². The molecule has 1 aliphatic heterocycles. The number of benzene rings is 1. The number of nitrogens with one attached hydrogen (secondary N) is 1. The Morgan fingerprint density at radius 2 is 2.29 bits per heavy atom. The number of thioether (sulfide) groups is 1. The van der Waals surface area contributed by atoms with Gasteiger partial charge in [0, 0.05) is 6.04 Å². The largest absolute Gasteiger partial charge is 0.271 e. The Hall–Kier alpha value is -0.650. The first-order chi connectivity index (χ1) is 8.22. The van der Waals surface area contributed by atoms with Crippen molar-refractivity contribution in [1.82, 2.24) is 5.43 Å². The van der Waals surface area contributed by atoms with Gasteiger partial charge < -0.3 is 0 Å². The van der Waals surface area contributed by atoms with Crippen LogP contribution in [0, 0.1) is 17.6 Å². The average molecular weight is 258 g/mol. The lowest BCUT2D eigenvalue weighted by Crippen LogP contribution is -2.42. The normalized spacial score (nSPS) is 21.7. The third kappa shape index (κ3) is 2.97. The second-order valence-corrected chi connectivity index (χ2v) is 5.46. The second-order valence-electron chi connectivity index (χ2n) is 4.31. The Balaban J connectivity index is 2.09. The lowest BCUT2D eigenvalue weighted by atomic mass is 9.93. The summed E-state index contributed by atoms with van der Waals surface area (Å²) in [5, 5.41) is 0. The first kappa shape index (κ1) is 12.8. The highest BCUT2D eigenvalue weighted by molar-refractivity contribution is 7.99. The van der Waals surface area contributed by atoms with Crippen molar-refractivity contribution in [3.8, 4) is 0 Å². The molecule has 5 heteroatoms. The standard InChI is InChI=1S/C12H16F2N2S/c13-10-3-1-2-8(12(10)14)6-11(16-15)9-4-5-17-7-9/h1-3,9,11,16H,4-7,15H2. The third-order valence-corrected chi connectivity index (χ3v) is 4.41. The summed E-state index contributed by atoms with van der Waals surface area (Å²) in [6, 6.07) is 4.30. The number of hydrazine groups is 1. The number of hydrogen-bond donors (Lipinski definition) is 2. The summed E-state index contributed by atoms with van der Waals surface area (Å²) in [5.41, 5.74) is 3.13. The maximum absolute atomic E-state index is 13.5. The van der Waals surface area contributed by atoms with Crippen LogP contribution in [0.5, 0.6) is 0 Å². The molecule has 17 heavy (non-hydrogen) atoms. The monoisotopic (exact) mass is 258 g/mol. The summed E-state index contributed by atoms with van der Waals surface area (Å²) < 4.78 is 26.6. The average Bonchev–Trinajstić information content (AvgIpc) is 2.85. The van der Waals surface area contributed by atoms with Crippen LogP contribution in [0.4, 0.5) is 8.78 Å². The van der Waals surface area contributed by atoms with E-state index in [2.05, 4.69) is 5.43 Å². The van der Waals surface area contributed by atoms with Crippen LogP contribution in [0.25, 0.3) is 0 Å². The summed E-state index contributed by atoms with van der Waals surface area (Å²) >= 11 is 1.88. The number of nitrogens with two attached hydrogens (primary N) is 1. The molecule has 1 saturated heterocycles. The van der Waals surface area contributed by atoms with Crippen LogP contribution < -0.4 is 11.3 Å². The summed E-state index contributed by atoms with van der Waals surface area (Å²) in [4.78, 5) is 0. The van der Waals surface area contributed by atoms with Gasteiger partial charge in [0.1, 0.15) is 0 Å². The molecule has 1 heterocycles. The topological polar surface area (TPSA) is 38.0 Å². The second kappa shape index (κ2) is 5.80. The molecule has 2 nitrogen and oxygen atoms in total. The van der Waals surface area contributed by atoms with Crippen molar-refractivity contribution in [2.45, 2.75) is 18.9 Å². The van der Waals surface area contributed by atoms with E-state index in [0.29, 0.717) is 17.9 Å². The SMILES string of the molecule is NNC(Cc1cccc(F)c1F)C1CCSC1. The highest BCUT2D eigenvalue weighted by Crippen LogP contribution is 2.28. The Morgan fingerprint density at radius 1 is 1.47 bits per heavy atom. The molecule has 0 amide bonds. The van der Waals surface area contributed by atoms with Crippen LogP contribution in [0.1, 0.15) is 12.0 Å². The van der Waals surface area contributed by atoms with Crippen molar-refractivity contribution in [3.05, 3.63) is 35.4 Å². The van der Waals surface area contributed by atoms with Gasteiger partial charge in [-0.15, -0.1) is 0 Å². The highest BCUT2D eigenvalue weighted by atomic mass is 32.2. The number of hydrogen-bond acceptors (Lipinski definition) is 3. The van der Waals surface area contributed by atoms with E-state index in [1.807, 2.05) is 11.8 Å². The Bertz CT molecular complexity index is 381. The Labute approximate surface area is 104 Å². The van der Waals surface area contributed by atoms with Gasteiger partial charge in [-0.05, 0) is 41.9 Å². The van der Waals surface area contributed by atoms with Crippen molar-refractivity contribution in [1.29, 1.82) is 0 Å². The lowest BCUT2D eigenvalue weighted by molar-refractivity contribution is 0.378. The fourth-order valence-corrected chi connectivity index (χ4v) is 3.51. The molecular weight excluding hydrogens is 242 g/mol. The summed E-state index contributed by atoms with van der Waals surface area (Å²) in [5.74, 6) is 6.56. The molecule has 2 atom stereocenters. The number of halogens is 2. The fraction of sp³-hybridized carbons (Fsp3) is 0.500. The summed E-state index contributed by atoms with van der Waals surface area (Å²) in [6.07, 6.45) is 1.52. The molecule has 0 aromatic heterocycles. The molecule has 1 aliphatic rings. The zero-order valence-electron chi connectivity index (χ0n) is 9.46. The molecule has 3 N–H and O–H groups in total. The third-order valence-electron chi connectivity index (χ3n) is 3.22. The molecule has 2 rings (SSSR count). The maximum atomic E-state index is 13.5. The van der Waals surface area contributed by atoms with E-state index in [4.69, 9.17) is 5.84 Å². The van der Waals surface area contributed by atoms with Crippen LogP contribution in [0.3, 0.4) is 0 Å². The fourth-order valence-electron chi connectivity index (χ4n) is 2.17. The zero-order valence-corrected chi connectivity index (χ0v) is 10.3. The first-order valence-electron chi connectivity index (χ1n) is 5.69. The smallest absolute Gasteiger partial charge is 0.162 e. The molecule has 0 bridgehead atoms. The first-order valence-corrected chi connectivity index (χ1v) is 6.84. The maximum Gasteiger partial charge on any atom is 0.162 e. The minimum absolute atomic E-state index is 0.0151. The van der Waals surface area contributed by atoms with Crippen molar-refractivity contribution < 1.29 is 8.78 Å². The van der Waals surface area contributed by atoms with Crippen LogP contribution in [-0.4, -0.2) is 17.5 Å². The van der Waals surface area contributed by atoms with Gasteiger partial charge in [-0.1, -0.05) is 12.1 Å². The molecule has 0 aliphatic carbocycles. The van der Waals surface area contributed by atoms with Gasteiger partial charge in [0.25, 0.3) is 0 Å². The van der Waals surface area contributed by atoms with E-state index in [1.165, 1.54) is 6.07 Å². The van der Waals surface area contributed by atoms with Crippen molar-refractivity contribution in [3.63, 3.8) is 0 Å². The van der Waals surface area contributed by atoms with Crippen LogP contribution >= 0.6 is 11.8 Å². The van der Waals surface area contributed by atoms with E-state index < -0.39 is 11.6 Å². The predicted octanol–water partition coefficient (Wildman–Crippen LogP) is 2.09. The van der Waals surface area contributed by atoms with E-state index in [-0.39, 0.29) is 6.04 Å². The van der Waals surface area contributed by atoms with E-state index >= 15 is 0 Å². The molecule has 0 spiro atoms. The van der Waals surface area contributed by atoms with Crippen LogP contribution in [0.15, 0.2) is 18.2 Å². The van der Waals surface area contributed by atoms with E-state index in [9.17, 15) is 8.78 Å². The van der Waals surface area contributed by atoms with Gasteiger partial charge in [0.15, 0.2) is 11.6 Å². The van der Waals surface area contributed by atoms with Crippen molar-refractivity contribution in [2.75, 3.05) is 11.5 Å². The molecule has 1 fully saturated rings. The van der Waals surface area contributed by atoms with Crippen molar-refractivity contribution >= 4 is 11.8 Å². The van der Waals surface area contributed by atoms with Gasteiger partial charge in [-0.3, -0.25) is 11.3 Å². The molecule has 1 aromatic rings. The van der Waals surface area contributed by atoms with Crippen molar-refractivity contribution in [2.24, 2.45) is 11.8 Å². The summed E-state index contributed by atoms with van der Waals surface area (Å²) in [7, 11) is 0. The molecule has 2 unspecified atom stereocenters. The molecular formula is C12H16F2N2S. The Kier molecular flexibility index (Phi) is 4.36. The molecule has 0 radical (unpaired) electrons. The van der Waals surface area contributed by atoms with Gasteiger partial charge >= 0.3 is 0 Å². The minimum Gasteiger partial charge on any atom is -0.271 e. The number of rotatable bonds is 4. The quantitative estimate of drug-likeness (QED) is 0.641. The van der Waals surface area contributed by atoms with E-state index in [1.54, 1.807) is 6.07 Å². The van der Waals surface area contributed by atoms with E-state index in [0.717, 1.165) is 24.0 Å². The summed E-state index contributed by atoms with van der Waals surface area (Å²) in [6.45, 7) is 0. The molecule has 94 valence electrons. The van der Waals surface area contributed by atoms with Gasteiger partial charge in [-0.25, -0.2) is 8.78 Å².